The molecule has 18 heavy (non-hydrogen) atoms. The van der Waals surface area contributed by atoms with Crippen LogP contribution in [-0.2, 0) is 0 Å². The van der Waals surface area contributed by atoms with Gasteiger partial charge >= 0.3 is 0 Å². The van der Waals surface area contributed by atoms with Crippen molar-refractivity contribution >= 4 is 38.6 Å². The highest BCUT2D eigenvalue weighted by Crippen LogP contribution is 2.26. The number of fused-ring (bicyclic) bond motifs is 1. The summed E-state index contributed by atoms with van der Waals surface area (Å²) in [5.74, 6) is 0.891. The van der Waals surface area contributed by atoms with E-state index >= 15 is 0 Å². The van der Waals surface area contributed by atoms with E-state index in [-0.39, 0.29) is 0 Å². The van der Waals surface area contributed by atoms with E-state index in [0.717, 1.165) is 21.0 Å². The quantitative estimate of drug-likeness (QED) is 0.530. The molecular weight excluding hydrogens is 310 g/mol. The van der Waals surface area contributed by atoms with Gasteiger partial charge in [0.05, 0.1) is 5.52 Å². The molecule has 0 spiro atoms. The van der Waals surface area contributed by atoms with Gasteiger partial charge in [-0.3, -0.25) is 0 Å². The lowest BCUT2D eigenvalue weighted by molar-refractivity contribution is 0.908. The summed E-state index contributed by atoms with van der Waals surface area (Å²) in [6.07, 6.45) is 5.79. The summed E-state index contributed by atoms with van der Waals surface area (Å²) >= 11 is 5.10. The fraction of sp³-hybridized carbons (Fsp3) is 0.0769. The third-order valence-corrected chi connectivity index (χ3v) is 3.98. The van der Waals surface area contributed by atoms with Crippen LogP contribution in [0.15, 0.2) is 52.4 Å². The lowest BCUT2D eigenvalue weighted by Crippen LogP contribution is -1.97. The molecule has 3 rings (SSSR count). The Morgan fingerprint density at radius 2 is 2.11 bits per heavy atom. The predicted octanol–water partition coefficient (Wildman–Crippen LogP) is 3.90. The van der Waals surface area contributed by atoms with Gasteiger partial charge in [0.1, 0.15) is 5.82 Å². The molecular formula is C13H10BrN3S. The number of rotatable bonds is 2. The Morgan fingerprint density at radius 1 is 1.22 bits per heavy atom. The maximum absolute atomic E-state index is 4.51. The zero-order chi connectivity index (χ0) is 12.5. The Kier molecular flexibility index (Phi) is 3.09. The maximum atomic E-state index is 4.51. The van der Waals surface area contributed by atoms with Crippen LogP contribution in [0.3, 0.4) is 0 Å². The summed E-state index contributed by atoms with van der Waals surface area (Å²) in [5.41, 5.74) is 1.13. The van der Waals surface area contributed by atoms with Crippen LogP contribution in [0.2, 0.25) is 0 Å². The molecule has 1 aromatic carbocycles. The van der Waals surface area contributed by atoms with Crippen molar-refractivity contribution in [3.05, 3.63) is 47.2 Å². The van der Waals surface area contributed by atoms with Crippen molar-refractivity contribution in [2.45, 2.75) is 5.16 Å². The molecule has 0 aliphatic carbocycles. The minimum atomic E-state index is 0.782. The van der Waals surface area contributed by atoms with E-state index in [1.165, 1.54) is 5.39 Å². The van der Waals surface area contributed by atoms with Crippen molar-refractivity contribution in [2.75, 3.05) is 6.26 Å². The van der Waals surface area contributed by atoms with Crippen LogP contribution in [-0.4, -0.2) is 20.8 Å². The van der Waals surface area contributed by atoms with Crippen LogP contribution in [0.25, 0.3) is 16.7 Å². The summed E-state index contributed by atoms with van der Waals surface area (Å²) < 4.78 is 3.17. The second-order valence-corrected chi connectivity index (χ2v) is 5.39. The van der Waals surface area contributed by atoms with Gasteiger partial charge in [0.2, 0.25) is 0 Å². The molecule has 3 aromatic rings. The first kappa shape index (κ1) is 11.7. The minimum absolute atomic E-state index is 0.782. The van der Waals surface area contributed by atoms with Crippen molar-refractivity contribution in [1.82, 2.24) is 14.5 Å². The predicted molar refractivity (Wildman–Crippen MR) is 78.3 cm³/mol. The zero-order valence-electron chi connectivity index (χ0n) is 9.67. The van der Waals surface area contributed by atoms with Crippen LogP contribution in [0.1, 0.15) is 0 Å². The molecule has 0 radical (unpaired) electrons. The number of aromatic nitrogens is 3. The second kappa shape index (κ2) is 4.74. The van der Waals surface area contributed by atoms with Crippen molar-refractivity contribution in [3.63, 3.8) is 0 Å². The Bertz CT molecular complexity index is 708. The number of benzene rings is 1. The summed E-state index contributed by atoms with van der Waals surface area (Å²) in [5, 5.41) is 1.96. The highest BCUT2D eigenvalue weighted by Gasteiger charge is 2.07. The number of thioether (sulfide) groups is 1. The van der Waals surface area contributed by atoms with Gasteiger partial charge in [-0.2, -0.15) is 0 Å². The van der Waals surface area contributed by atoms with Gasteiger partial charge < -0.3 is 4.57 Å². The number of halogens is 1. The largest absolute Gasteiger partial charge is 0.301 e. The Labute approximate surface area is 117 Å². The zero-order valence-corrected chi connectivity index (χ0v) is 12.1. The number of hydrogen-bond acceptors (Lipinski definition) is 3. The molecule has 0 N–H and O–H groups in total. The van der Waals surface area contributed by atoms with Crippen LogP contribution >= 0.6 is 27.7 Å². The standard InChI is InChI=1S/C13H10BrN3S/c1-18-13-15-7-5-12(16-13)17-8-6-9-10(14)3-2-4-11(9)17/h2-8H,1H3. The number of hydrogen-bond donors (Lipinski definition) is 0. The molecule has 0 aliphatic rings. The molecule has 90 valence electrons. The molecule has 3 nitrogen and oxygen atoms in total. The van der Waals surface area contributed by atoms with Gasteiger partial charge in [0.15, 0.2) is 5.16 Å². The first-order chi connectivity index (χ1) is 8.79. The molecule has 2 heterocycles. The molecule has 0 saturated heterocycles. The van der Waals surface area contributed by atoms with E-state index in [2.05, 4.69) is 42.6 Å². The summed E-state index contributed by atoms with van der Waals surface area (Å²) in [7, 11) is 0. The molecule has 0 fully saturated rings. The molecule has 0 unspecified atom stereocenters. The highest BCUT2D eigenvalue weighted by atomic mass is 79.9. The fourth-order valence-electron chi connectivity index (χ4n) is 1.89. The normalized spacial score (nSPS) is 11.0. The third-order valence-electron chi connectivity index (χ3n) is 2.73. The Balaban J connectivity index is 2.22. The van der Waals surface area contributed by atoms with Gasteiger partial charge in [-0.1, -0.05) is 33.8 Å². The average Bonchev–Trinajstić information content (AvgIpc) is 2.84. The smallest absolute Gasteiger partial charge is 0.189 e. The van der Waals surface area contributed by atoms with Gasteiger partial charge in [-0.25, -0.2) is 9.97 Å². The lowest BCUT2D eigenvalue weighted by Gasteiger charge is -2.05. The minimum Gasteiger partial charge on any atom is -0.301 e. The highest BCUT2D eigenvalue weighted by molar-refractivity contribution is 9.10. The van der Waals surface area contributed by atoms with Crippen molar-refractivity contribution in [3.8, 4) is 5.82 Å². The third kappa shape index (κ3) is 1.93. The molecule has 0 amide bonds. The summed E-state index contributed by atoms with van der Waals surface area (Å²) in [6, 6.07) is 10.2. The maximum Gasteiger partial charge on any atom is 0.189 e. The number of nitrogens with zero attached hydrogens (tertiary/aromatic N) is 3. The van der Waals surface area contributed by atoms with Gasteiger partial charge in [-0.05, 0) is 30.5 Å². The van der Waals surface area contributed by atoms with Crippen molar-refractivity contribution in [2.24, 2.45) is 0 Å². The Morgan fingerprint density at radius 3 is 2.94 bits per heavy atom. The van der Waals surface area contributed by atoms with Gasteiger partial charge in [0.25, 0.3) is 0 Å². The van der Waals surface area contributed by atoms with Crippen molar-refractivity contribution < 1.29 is 0 Å². The average molecular weight is 320 g/mol. The molecule has 0 saturated carbocycles. The van der Waals surface area contributed by atoms with Gasteiger partial charge in [-0.15, -0.1) is 0 Å². The van der Waals surface area contributed by atoms with Crippen LogP contribution in [0.4, 0.5) is 0 Å². The fourth-order valence-corrected chi connectivity index (χ4v) is 2.73. The van der Waals surface area contributed by atoms with Crippen molar-refractivity contribution in [1.29, 1.82) is 0 Å². The molecule has 0 atom stereocenters. The Hall–Kier alpha value is -1.33. The molecule has 2 aromatic heterocycles. The van der Waals surface area contributed by atoms with Crippen LogP contribution < -0.4 is 0 Å². The molecule has 0 aliphatic heterocycles. The van der Waals surface area contributed by atoms with E-state index in [1.807, 2.05) is 30.7 Å². The van der Waals surface area contributed by atoms with E-state index in [0.29, 0.717) is 0 Å². The first-order valence-electron chi connectivity index (χ1n) is 5.42. The summed E-state index contributed by atoms with van der Waals surface area (Å²) in [4.78, 5) is 8.71. The van der Waals surface area contributed by atoms with E-state index < -0.39 is 0 Å². The van der Waals surface area contributed by atoms with E-state index in [9.17, 15) is 0 Å². The van der Waals surface area contributed by atoms with Crippen LogP contribution in [0.5, 0.6) is 0 Å². The SMILES string of the molecule is CSc1nccc(-n2ccc3c(Br)cccc32)n1. The second-order valence-electron chi connectivity index (χ2n) is 3.76. The van der Waals surface area contributed by atoms with E-state index in [1.54, 1.807) is 18.0 Å². The topological polar surface area (TPSA) is 30.7 Å². The first-order valence-corrected chi connectivity index (χ1v) is 7.44. The molecule has 0 bridgehead atoms. The lowest BCUT2D eigenvalue weighted by atomic mass is 10.2. The summed E-state index contributed by atoms with van der Waals surface area (Å²) in [6.45, 7) is 0. The monoisotopic (exact) mass is 319 g/mol. The van der Waals surface area contributed by atoms with Gasteiger partial charge in [0, 0.05) is 22.3 Å². The van der Waals surface area contributed by atoms with E-state index in [4.69, 9.17) is 0 Å². The molecule has 5 heteroatoms. The van der Waals surface area contributed by atoms with Crippen LogP contribution in [0, 0.1) is 0 Å².